The molecule has 0 bridgehead atoms. The van der Waals surface area contributed by atoms with Gasteiger partial charge in [0.25, 0.3) is 0 Å². The quantitative estimate of drug-likeness (QED) is 0.727. The first-order valence-corrected chi connectivity index (χ1v) is 6.80. The molecule has 2 N–H and O–H groups in total. The highest BCUT2D eigenvalue weighted by atomic mass is 16.5. The van der Waals surface area contributed by atoms with Gasteiger partial charge in [0, 0.05) is 25.8 Å². The summed E-state index contributed by atoms with van der Waals surface area (Å²) in [6.07, 6.45) is 6.56. The van der Waals surface area contributed by atoms with Crippen LogP contribution < -0.4 is 10.6 Å². The maximum absolute atomic E-state index is 5.56. The van der Waals surface area contributed by atoms with Crippen LogP contribution in [0.5, 0.6) is 0 Å². The van der Waals surface area contributed by atoms with E-state index in [1.54, 1.807) is 6.33 Å². The number of unbranched alkanes of at least 4 members (excludes halogenated alkanes) is 1. The summed E-state index contributed by atoms with van der Waals surface area (Å²) in [7, 11) is 0. The van der Waals surface area contributed by atoms with Gasteiger partial charge >= 0.3 is 0 Å². The Balaban J connectivity index is 1.78. The van der Waals surface area contributed by atoms with Crippen LogP contribution in [0.15, 0.2) is 12.4 Å². The summed E-state index contributed by atoms with van der Waals surface area (Å²) in [4.78, 5) is 8.41. The SMILES string of the molecule is CCCCNc1cc(NCC2CCCO2)ncn1. The predicted octanol–water partition coefficient (Wildman–Crippen LogP) is 2.28. The monoisotopic (exact) mass is 250 g/mol. The van der Waals surface area contributed by atoms with E-state index in [0.29, 0.717) is 6.10 Å². The third-order valence-corrected chi connectivity index (χ3v) is 3.04. The molecule has 1 atom stereocenters. The van der Waals surface area contributed by atoms with Crippen LogP contribution >= 0.6 is 0 Å². The van der Waals surface area contributed by atoms with Gasteiger partial charge in [-0.25, -0.2) is 9.97 Å². The van der Waals surface area contributed by atoms with Gasteiger partial charge in [0.2, 0.25) is 0 Å². The normalized spacial score (nSPS) is 18.8. The maximum atomic E-state index is 5.56. The molecule has 1 aliphatic heterocycles. The Kier molecular flexibility index (Phi) is 5.20. The van der Waals surface area contributed by atoms with Crippen molar-refractivity contribution in [1.82, 2.24) is 9.97 Å². The molecule has 1 aromatic rings. The van der Waals surface area contributed by atoms with E-state index in [1.807, 2.05) is 6.07 Å². The molecule has 1 aliphatic rings. The van der Waals surface area contributed by atoms with Crippen molar-refractivity contribution in [2.75, 3.05) is 30.3 Å². The van der Waals surface area contributed by atoms with Crippen molar-refractivity contribution >= 4 is 11.6 Å². The lowest BCUT2D eigenvalue weighted by Gasteiger charge is -2.12. The number of rotatable bonds is 7. The van der Waals surface area contributed by atoms with Crippen molar-refractivity contribution in [1.29, 1.82) is 0 Å². The van der Waals surface area contributed by atoms with Crippen molar-refractivity contribution in [3.63, 3.8) is 0 Å². The molecule has 1 fully saturated rings. The van der Waals surface area contributed by atoms with Gasteiger partial charge in [-0.15, -0.1) is 0 Å². The molecule has 5 nitrogen and oxygen atoms in total. The Bertz CT molecular complexity index is 353. The predicted molar refractivity (Wildman–Crippen MR) is 72.9 cm³/mol. The van der Waals surface area contributed by atoms with Crippen LogP contribution in [0.25, 0.3) is 0 Å². The molecule has 1 unspecified atom stereocenters. The summed E-state index contributed by atoms with van der Waals surface area (Å²) in [5.74, 6) is 1.74. The maximum Gasteiger partial charge on any atom is 0.131 e. The molecular formula is C13H22N4O. The Hall–Kier alpha value is -1.36. The highest BCUT2D eigenvalue weighted by Gasteiger charge is 2.14. The van der Waals surface area contributed by atoms with Crippen LogP contribution in [0.3, 0.4) is 0 Å². The molecule has 0 aromatic carbocycles. The van der Waals surface area contributed by atoms with E-state index in [4.69, 9.17) is 4.74 Å². The molecular weight excluding hydrogens is 228 g/mol. The summed E-state index contributed by atoms with van der Waals surface area (Å²) in [5.41, 5.74) is 0. The largest absolute Gasteiger partial charge is 0.376 e. The van der Waals surface area contributed by atoms with E-state index in [1.165, 1.54) is 12.8 Å². The number of ether oxygens (including phenoxy) is 1. The zero-order valence-electron chi connectivity index (χ0n) is 11.0. The lowest BCUT2D eigenvalue weighted by atomic mass is 10.2. The van der Waals surface area contributed by atoms with Gasteiger partial charge in [0.05, 0.1) is 6.10 Å². The minimum Gasteiger partial charge on any atom is -0.376 e. The summed E-state index contributed by atoms with van der Waals surface area (Å²) < 4.78 is 5.56. The number of anilines is 2. The van der Waals surface area contributed by atoms with Crippen molar-refractivity contribution in [3.8, 4) is 0 Å². The fraction of sp³-hybridized carbons (Fsp3) is 0.692. The molecule has 1 saturated heterocycles. The number of hydrogen-bond acceptors (Lipinski definition) is 5. The lowest BCUT2D eigenvalue weighted by molar-refractivity contribution is 0.120. The Morgan fingerprint density at radius 3 is 2.89 bits per heavy atom. The molecule has 2 heterocycles. The molecule has 0 spiro atoms. The average molecular weight is 250 g/mol. The third kappa shape index (κ3) is 4.14. The zero-order valence-corrected chi connectivity index (χ0v) is 11.0. The van der Waals surface area contributed by atoms with Crippen LogP contribution in [0.1, 0.15) is 32.6 Å². The van der Waals surface area contributed by atoms with Gasteiger partial charge in [-0.2, -0.15) is 0 Å². The molecule has 18 heavy (non-hydrogen) atoms. The number of aromatic nitrogens is 2. The molecule has 0 amide bonds. The van der Waals surface area contributed by atoms with Gasteiger partial charge in [-0.3, -0.25) is 0 Å². The minimum atomic E-state index is 0.330. The first-order valence-electron chi connectivity index (χ1n) is 6.80. The smallest absolute Gasteiger partial charge is 0.131 e. The topological polar surface area (TPSA) is 59.1 Å². The van der Waals surface area contributed by atoms with E-state index < -0.39 is 0 Å². The van der Waals surface area contributed by atoms with E-state index >= 15 is 0 Å². The third-order valence-electron chi connectivity index (χ3n) is 3.04. The van der Waals surface area contributed by atoms with Crippen molar-refractivity contribution in [2.45, 2.75) is 38.7 Å². The fourth-order valence-corrected chi connectivity index (χ4v) is 1.97. The molecule has 1 aromatic heterocycles. The first kappa shape index (κ1) is 13.1. The van der Waals surface area contributed by atoms with E-state index in [2.05, 4.69) is 27.5 Å². The molecule has 0 aliphatic carbocycles. The molecule has 2 rings (SSSR count). The van der Waals surface area contributed by atoms with Gasteiger partial charge in [0.1, 0.15) is 18.0 Å². The first-order chi connectivity index (χ1) is 8.88. The lowest BCUT2D eigenvalue weighted by Crippen LogP contribution is -2.19. The summed E-state index contributed by atoms with van der Waals surface area (Å²) in [6.45, 7) is 4.85. The van der Waals surface area contributed by atoms with Crippen molar-refractivity contribution < 1.29 is 4.74 Å². The standard InChI is InChI=1S/C13H22N4O/c1-2-3-6-14-12-8-13(17-10-16-12)15-9-11-5-4-7-18-11/h8,10-11H,2-7,9H2,1H3,(H2,14,15,16,17). The van der Waals surface area contributed by atoms with Gasteiger partial charge in [-0.05, 0) is 19.3 Å². The van der Waals surface area contributed by atoms with E-state index in [-0.39, 0.29) is 0 Å². The van der Waals surface area contributed by atoms with Crippen LogP contribution in [0, 0.1) is 0 Å². The highest BCUT2D eigenvalue weighted by Crippen LogP contribution is 2.14. The van der Waals surface area contributed by atoms with Gasteiger partial charge in [0.15, 0.2) is 0 Å². The second-order valence-corrected chi connectivity index (χ2v) is 4.58. The second-order valence-electron chi connectivity index (χ2n) is 4.58. The Labute approximate surface area is 108 Å². The highest BCUT2D eigenvalue weighted by molar-refractivity contribution is 5.46. The second kappa shape index (κ2) is 7.16. The van der Waals surface area contributed by atoms with Crippen LogP contribution in [-0.2, 0) is 4.74 Å². The van der Waals surface area contributed by atoms with E-state index in [0.717, 1.165) is 44.2 Å². The molecule has 5 heteroatoms. The average Bonchev–Trinajstić information content (AvgIpc) is 2.90. The number of nitrogens with zero attached hydrogens (tertiary/aromatic N) is 2. The number of hydrogen-bond donors (Lipinski definition) is 2. The summed E-state index contributed by atoms with van der Waals surface area (Å²) in [5, 5.41) is 6.59. The van der Waals surface area contributed by atoms with Crippen LogP contribution in [0.2, 0.25) is 0 Å². The van der Waals surface area contributed by atoms with Crippen LogP contribution in [0.4, 0.5) is 11.6 Å². The van der Waals surface area contributed by atoms with Gasteiger partial charge in [-0.1, -0.05) is 13.3 Å². The Morgan fingerprint density at radius 2 is 2.17 bits per heavy atom. The fourth-order valence-electron chi connectivity index (χ4n) is 1.97. The van der Waals surface area contributed by atoms with Crippen LogP contribution in [-0.4, -0.2) is 35.8 Å². The zero-order chi connectivity index (χ0) is 12.6. The number of nitrogens with one attached hydrogen (secondary N) is 2. The minimum absolute atomic E-state index is 0.330. The van der Waals surface area contributed by atoms with Gasteiger partial charge < -0.3 is 15.4 Å². The van der Waals surface area contributed by atoms with E-state index in [9.17, 15) is 0 Å². The summed E-state index contributed by atoms with van der Waals surface area (Å²) in [6, 6.07) is 1.95. The summed E-state index contributed by atoms with van der Waals surface area (Å²) >= 11 is 0. The van der Waals surface area contributed by atoms with Crippen molar-refractivity contribution in [3.05, 3.63) is 12.4 Å². The van der Waals surface area contributed by atoms with Crippen molar-refractivity contribution in [2.24, 2.45) is 0 Å². The molecule has 100 valence electrons. The molecule has 0 saturated carbocycles. The molecule has 0 radical (unpaired) electrons. The Morgan fingerprint density at radius 1 is 1.33 bits per heavy atom.